The largest absolute Gasteiger partial charge is 0.363 e. The lowest BCUT2D eigenvalue weighted by Gasteiger charge is -2.50. The summed E-state index contributed by atoms with van der Waals surface area (Å²) >= 11 is 1.76. The summed E-state index contributed by atoms with van der Waals surface area (Å²) in [4.78, 5) is 16.0. The first-order valence-corrected chi connectivity index (χ1v) is 8.18. The summed E-state index contributed by atoms with van der Waals surface area (Å²) in [6, 6.07) is 2.37. The Hall–Kier alpha value is -0.910. The van der Waals surface area contributed by atoms with Gasteiger partial charge >= 0.3 is 0 Å². The van der Waals surface area contributed by atoms with Gasteiger partial charge in [-0.15, -0.1) is 0 Å². The van der Waals surface area contributed by atoms with Crippen LogP contribution in [0.15, 0.2) is 16.8 Å². The van der Waals surface area contributed by atoms with E-state index in [4.69, 9.17) is 4.74 Å². The van der Waals surface area contributed by atoms with Gasteiger partial charge in [0.25, 0.3) is 0 Å². The summed E-state index contributed by atoms with van der Waals surface area (Å²) < 4.78 is 5.97. The minimum absolute atomic E-state index is 0.101. The lowest BCUT2D eigenvalue weighted by atomic mass is 9.83. The van der Waals surface area contributed by atoms with Crippen LogP contribution in [0.3, 0.4) is 0 Å². The van der Waals surface area contributed by atoms with E-state index >= 15 is 0 Å². The van der Waals surface area contributed by atoms with Crippen LogP contribution in [0, 0.1) is 0 Å². The average Bonchev–Trinajstić information content (AvgIpc) is 2.96. The van der Waals surface area contributed by atoms with Gasteiger partial charge in [0.1, 0.15) is 6.61 Å². The molecule has 20 heavy (non-hydrogen) atoms. The van der Waals surface area contributed by atoms with E-state index in [-0.39, 0.29) is 24.2 Å². The number of carbonyl (C=O) groups excluding carboxylic acids is 1. The number of morpholine rings is 1. The fourth-order valence-electron chi connectivity index (χ4n) is 3.29. The van der Waals surface area contributed by atoms with Gasteiger partial charge in [0.2, 0.25) is 5.91 Å². The third kappa shape index (κ3) is 2.50. The zero-order valence-corrected chi connectivity index (χ0v) is 13.0. The van der Waals surface area contributed by atoms with E-state index < -0.39 is 0 Å². The number of hydrogen-bond donors (Lipinski definition) is 0. The molecule has 110 valence electrons. The lowest BCUT2D eigenvalue weighted by Crippen LogP contribution is -2.62. The van der Waals surface area contributed by atoms with E-state index in [1.165, 1.54) is 5.56 Å². The fourth-order valence-corrected chi connectivity index (χ4v) is 3.95. The van der Waals surface area contributed by atoms with Gasteiger partial charge in [-0.2, -0.15) is 11.3 Å². The second-order valence-corrected chi connectivity index (χ2v) is 6.72. The molecule has 0 saturated carbocycles. The molecule has 0 bridgehead atoms. The highest BCUT2D eigenvalue weighted by Crippen LogP contribution is 2.35. The maximum atomic E-state index is 11.7. The van der Waals surface area contributed by atoms with Gasteiger partial charge in [0.15, 0.2) is 0 Å². The van der Waals surface area contributed by atoms with Crippen molar-refractivity contribution in [2.75, 3.05) is 26.7 Å². The predicted octanol–water partition coefficient (Wildman–Crippen LogP) is 1.96. The number of hydrogen-bond acceptors (Lipinski definition) is 4. The van der Waals surface area contributed by atoms with Crippen molar-refractivity contribution >= 4 is 17.2 Å². The molecule has 3 heterocycles. The van der Waals surface area contributed by atoms with Crippen molar-refractivity contribution < 1.29 is 9.53 Å². The maximum Gasteiger partial charge on any atom is 0.248 e. The van der Waals surface area contributed by atoms with Gasteiger partial charge in [0.05, 0.1) is 11.6 Å². The normalized spacial score (nSPS) is 27.2. The molecule has 0 radical (unpaired) electrons. The van der Waals surface area contributed by atoms with E-state index in [9.17, 15) is 4.79 Å². The Morgan fingerprint density at radius 2 is 2.20 bits per heavy atom. The topological polar surface area (TPSA) is 32.8 Å². The number of piperidine rings is 1. The zero-order chi connectivity index (χ0) is 14.2. The van der Waals surface area contributed by atoms with Crippen molar-refractivity contribution in [3.05, 3.63) is 22.4 Å². The van der Waals surface area contributed by atoms with Gasteiger partial charge in [0, 0.05) is 26.7 Å². The van der Waals surface area contributed by atoms with Crippen molar-refractivity contribution in [1.29, 1.82) is 0 Å². The predicted molar refractivity (Wildman–Crippen MR) is 79.7 cm³/mol. The number of likely N-dealkylation sites (tertiary alicyclic amines) is 1. The highest BCUT2D eigenvalue weighted by molar-refractivity contribution is 7.07. The van der Waals surface area contributed by atoms with Crippen molar-refractivity contribution in [2.24, 2.45) is 0 Å². The van der Waals surface area contributed by atoms with E-state index in [1.54, 1.807) is 11.3 Å². The van der Waals surface area contributed by atoms with Crippen LogP contribution in [0.5, 0.6) is 0 Å². The van der Waals surface area contributed by atoms with Gasteiger partial charge in [-0.1, -0.05) is 0 Å². The highest BCUT2D eigenvalue weighted by atomic mass is 32.1. The molecule has 1 atom stereocenters. The molecule has 5 heteroatoms. The first-order chi connectivity index (χ1) is 9.61. The smallest absolute Gasteiger partial charge is 0.248 e. The molecule has 1 aromatic heterocycles. The molecule has 3 rings (SSSR count). The first-order valence-electron chi connectivity index (χ1n) is 7.24. The van der Waals surface area contributed by atoms with Crippen LogP contribution in [0.4, 0.5) is 0 Å². The maximum absolute atomic E-state index is 11.7. The Morgan fingerprint density at radius 3 is 2.85 bits per heavy atom. The van der Waals surface area contributed by atoms with Crippen molar-refractivity contribution in [3.63, 3.8) is 0 Å². The molecule has 1 spiro atoms. The quantitative estimate of drug-likeness (QED) is 0.836. The molecule has 2 saturated heterocycles. The van der Waals surface area contributed by atoms with Gasteiger partial charge in [-0.3, -0.25) is 9.69 Å². The second kappa shape index (κ2) is 5.47. The number of rotatable bonds is 2. The Balaban J connectivity index is 1.61. The molecule has 1 amide bonds. The zero-order valence-electron chi connectivity index (χ0n) is 12.2. The number of amides is 1. The molecular formula is C15H22N2O2S. The highest BCUT2D eigenvalue weighted by Gasteiger charge is 2.46. The average molecular weight is 294 g/mol. The van der Waals surface area contributed by atoms with Crippen molar-refractivity contribution in [2.45, 2.75) is 38.0 Å². The number of ether oxygens (including phenoxy) is 1. The number of carbonyl (C=O) groups is 1. The van der Waals surface area contributed by atoms with Gasteiger partial charge < -0.3 is 9.64 Å². The summed E-state index contributed by atoms with van der Waals surface area (Å²) in [7, 11) is 1.90. The molecule has 2 aliphatic rings. The molecule has 0 N–H and O–H groups in total. The van der Waals surface area contributed by atoms with Crippen molar-refractivity contribution in [1.82, 2.24) is 9.80 Å². The Morgan fingerprint density at radius 1 is 1.45 bits per heavy atom. The number of nitrogens with zero attached hydrogens (tertiary/aromatic N) is 2. The van der Waals surface area contributed by atoms with Gasteiger partial charge in [-0.25, -0.2) is 0 Å². The van der Waals surface area contributed by atoms with Crippen LogP contribution < -0.4 is 0 Å². The Labute approximate surface area is 124 Å². The molecule has 1 aromatic rings. The van der Waals surface area contributed by atoms with Crippen LogP contribution in [0.25, 0.3) is 0 Å². The third-order valence-corrected chi connectivity index (χ3v) is 5.64. The molecule has 0 aromatic carbocycles. The number of likely N-dealkylation sites (N-methyl/N-ethyl adjacent to an activating group) is 1. The van der Waals surface area contributed by atoms with E-state index in [1.807, 2.05) is 11.9 Å². The fraction of sp³-hybridized carbons (Fsp3) is 0.667. The van der Waals surface area contributed by atoms with Gasteiger partial charge in [-0.05, 0) is 42.2 Å². The Kier molecular flexibility index (Phi) is 3.84. The van der Waals surface area contributed by atoms with E-state index in [2.05, 4.69) is 28.7 Å². The van der Waals surface area contributed by atoms with Crippen molar-refractivity contribution in [3.8, 4) is 0 Å². The molecule has 2 aliphatic heterocycles. The van der Waals surface area contributed by atoms with Crippen LogP contribution >= 0.6 is 11.3 Å². The minimum atomic E-state index is -0.131. The van der Waals surface area contributed by atoms with Crippen LogP contribution in [-0.2, 0) is 16.1 Å². The molecule has 0 unspecified atom stereocenters. The molecule has 4 nitrogen and oxygen atoms in total. The minimum Gasteiger partial charge on any atom is -0.363 e. The van der Waals surface area contributed by atoms with E-state index in [0.29, 0.717) is 0 Å². The summed E-state index contributed by atoms with van der Waals surface area (Å²) in [6.07, 6.45) is 2.02. The van der Waals surface area contributed by atoms with Crippen LogP contribution in [-0.4, -0.2) is 54.1 Å². The monoisotopic (exact) mass is 294 g/mol. The van der Waals surface area contributed by atoms with Crippen LogP contribution in [0.1, 0.15) is 25.3 Å². The summed E-state index contributed by atoms with van der Waals surface area (Å²) in [5.41, 5.74) is 1.27. The standard InChI is InChI=1S/C15H22N2O2S/c1-12-15(19-10-14(18)16(12)2)4-6-17(7-5-15)9-13-3-8-20-11-13/h3,8,11-12H,4-7,9-10H2,1-2H3/t12-/m0/s1. The molecular weight excluding hydrogens is 272 g/mol. The number of thiophene rings is 1. The second-order valence-electron chi connectivity index (χ2n) is 5.94. The first kappa shape index (κ1) is 14.0. The summed E-state index contributed by atoms with van der Waals surface area (Å²) in [6.45, 7) is 5.48. The summed E-state index contributed by atoms with van der Waals surface area (Å²) in [5, 5.41) is 4.35. The molecule has 2 fully saturated rings. The van der Waals surface area contributed by atoms with E-state index in [0.717, 1.165) is 32.5 Å². The summed E-state index contributed by atoms with van der Waals surface area (Å²) in [5.74, 6) is 0.101. The third-order valence-electron chi connectivity index (χ3n) is 4.91. The van der Waals surface area contributed by atoms with Crippen LogP contribution in [0.2, 0.25) is 0 Å². The lowest BCUT2D eigenvalue weighted by molar-refractivity contribution is -0.183. The molecule has 0 aliphatic carbocycles. The SMILES string of the molecule is C[C@@H]1N(C)C(=O)COC12CCN(Cc1ccsc1)CC2. The Bertz CT molecular complexity index is 466.